The van der Waals surface area contributed by atoms with Gasteiger partial charge in [-0.25, -0.2) is 9.18 Å². The highest BCUT2D eigenvalue weighted by Gasteiger charge is 2.10. The van der Waals surface area contributed by atoms with Gasteiger partial charge in [0.05, 0.1) is 18.8 Å². The summed E-state index contributed by atoms with van der Waals surface area (Å²) in [6.45, 7) is 0.630. The van der Waals surface area contributed by atoms with Crippen LogP contribution >= 0.6 is 15.9 Å². The van der Waals surface area contributed by atoms with Crippen LogP contribution in [0.4, 0.5) is 4.39 Å². The lowest BCUT2D eigenvalue weighted by molar-refractivity contribution is 0.0691. The first-order valence-electron chi connectivity index (χ1n) is 5.90. The van der Waals surface area contributed by atoms with E-state index in [0.717, 1.165) is 10.0 Å². The standard InChI is InChI=1S/C15H12BrFO3/c16-12-3-1-2-10(6-12)8-20-9-11-4-5-13(15(18)19)14(17)7-11/h1-7H,8-9H2,(H,18,19). The van der Waals surface area contributed by atoms with Crippen molar-refractivity contribution in [3.8, 4) is 0 Å². The number of carboxylic acid groups (broad SMARTS) is 1. The fourth-order valence-corrected chi connectivity index (χ4v) is 2.18. The number of rotatable bonds is 5. The van der Waals surface area contributed by atoms with Gasteiger partial charge in [-0.1, -0.05) is 34.1 Å². The number of benzene rings is 2. The molecule has 0 unspecified atom stereocenters. The van der Waals surface area contributed by atoms with E-state index in [2.05, 4.69) is 15.9 Å². The molecular formula is C15H12BrFO3. The summed E-state index contributed by atoms with van der Waals surface area (Å²) in [5, 5.41) is 8.73. The quantitative estimate of drug-likeness (QED) is 0.896. The minimum absolute atomic E-state index is 0.226. The Hall–Kier alpha value is -1.72. The zero-order chi connectivity index (χ0) is 14.5. The number of carbonyl (C=O) groups is 1. The van der Waals surface area contributed by atoms with Gasteiger partial charge < -0.3 is 9.84 Å². The van der Waals surface area contributed by atoms with Crippen molar-refractivity contribution in [1.29, 1.82) is 0 Å². The molecule has 0 atom stereocenters. The maximum absolute atomic E-state index is 13.5. The van der Waals surface area contributed by atoms with Gasteiger partial charge in [-0.15, -0.1) is 0 Å². The molecule has 0 saturated carbocycles. The summed E-state index contributed by atoms with van der Waals surface area (Å²) in [5.74, 6) is -2.02. The van der Waals surface area contributed by atoms with E-state index in [9.17, 15) is 9.18 Å². The first kappa shape index (κ1) is 14.7. The molecule has 20 heavy (non-hydrogen) atoms. The van der Waals surface area contributed by atoms with Crippen molar-refractivity contribution in [2.45, 2.75) is 13.2 Å². The van der Waals surface area contributed by atoms with E-state index in [4.69, 9.17) is 9.84 Å². The molecule has 0 aromatic heterocycles. The molecule has 0 heterocycles. The normalized spacial score (nSPS) is 10.5. The lowest BCUT2D eigenvalue weighted by atomic mass is 10.1. The van der Waals surface area contributed by atoms with Crippen LogP contribution in [-0.4, -0.2) is 11.1 Å². The van der Waals surface area contributed by atoms with Crippen molar-refractivity contribution in [1.82, 2.24) is 0 Å². The van der Waals surface area contributed by atoms with Crippen molar-refractivity contribution in [2.24, 2.45) is 0 Å². The minimum atomic E-state index is -1.27. The third kappa shape index (κ3) is 3.88. The summed E-state index contributed by atoms with van der Waals surface area (Å²) in [5.41, 5.74) is 1.27. The van der Waals surface area contributed by atoms with Crippen molar-refractivity contribution in [3.63, 3.8) is 0 Å². The molecule has 3 nitrogen and oxygen atoms in total. The molecule has 0 fully saturated rings. The van der Waals surface area contributed by atoms with Crippen LogP contribution in [0.3, 0.4) is 0 Å². The van der Waals surface area contributed by atoms with Gasteiger partial charge in [-0.05, 0) is 35.4 Å². The predicted octanol–water partition coefficient (Wildman–Crippen LogP) is 4.00. The van der Waals surface area contributed by atoms with E-state index in [-0.39, 0.29) is 12.2 Å². The van der Waals surface area contributed by atoms with Gasteiger partial charge in [-0.3, -0.25) is 0 Å². The first-order chi connectivity index (χ1) is 9.56. The third-order valence-corrected chi connectivity index (χ3v) is 3.18. The minimum Gasteiger partial charge on any atom is -0.478 e. The van der Waals surface area contributed by atoms with Crippen LogP contribution in [-0.2, 0) is 18.0 Å². The highest BCUT2D eigenvalue weighted by atomic mass is 79.9. The van der Waals surface area contributed by atoms with E-state index in [1.165, 1.54) is 12.1 Å². The molecule has 0 spiro atoms. The second-order valence-corrected chi connectivity index (χ2v) is 5.16. The summed E-state index contributed by atoms with van der Waals surface area (Å²) in [4.78, 5) is 10.7. The molecule has 0 aliphatic heterocycles. The van der Waals surface area contributed by atoms with Crippen molar-refractivity contribution in [3.05, 3.63) is 69.4 Å². The van der Waals surface area contributed by atoms with Crippen LogP contribution in [0.5, 0.6) is 0 Å². The topological polar surface area (TPSA) is 46.5 Å². The highest BCUT2D eigenvalue weighted by Crippen LogP contribution is 2.14. The van der Waals surface area contributed by atoms with Gasteiger partial charge in [0.1, 0.15) is 5.82 Å². The summed E-state index contributed by atoms with van der Waals surface area (Å²) in [6, 6.07) is 11.7. The molecule has 2 aromatic carbocycles. The number of hydrogen-bond acceptors (Lipinski definition) is 2. The Morgan fingerprint density at radius 2 is 1.85 bits per heavy atom. The lowest BCUT2D eigenvalue weighted by Gasteiger charge is -2.06. The smallest absolute Gasteiger partial charge is 0.338 e. The molecular weight excluding hydrogens is 327 g/mol. The molecule has 1 N–H and O–H groups in total. The van der Waals surface area contributed by atoms with Gasteiger partial charge in [0.25, 0.3) is 0 Å². The van der Waals surface area contributed by atoms with Crippen molar-refractivity contribution < 1.29 is 19.0 Å². The van der Waals surface area contributed by atoms with Crippen LogP contribution in [0.25, 0.3) is 0 Å². The number of halogens is 2. The molecule has 5 heteroatoms. The molecule has 0 aliphatic carbocycles. The predicted molar refractivity (Wildman–Crippen MR) is 76.0 cm³/mol. The zero-order valence-electron chi connectivity index (χ0n) is 10.5. The number of hydrogen-bond donors (Lipinski definition) is 1. The fraction of sp³-hybridized carbons (Fsp3) is 0.133. The van der Waals surface area contributed by atoms with Crippen LogP contribution in [0.15, 0.2) is 46.9 Å². The van der Waals surface area contributed by atoms with Crippen LogP contribution in [0.1, 0.15) is 21.5 Å². The Morgan fingerprint density at radius 3 is 2.45 bits per heavy atom. The van der Waals surface area contributed by atoms with Crippen LogP contribution < -0.4 is 0 Å². The van der Waals surface area contributed by atoms with E-state index in [1.54, 1.807) is 6.07 Å². The zero-order valence-corrected chi connectivity index (χ0v) is 12.1. The Kier molecular flexibility index (Phi) is 4.87. The number of aromatic carboxylic acids is 1. The molecule has 104 valence electrons. The summed E-state index contributed by atoms with van der Waals surface area (Å²) >= 11 is 3.37. The molecule has 2 rings (SSSR count). The average molecular weight is 339 g/mol. The van der Waals surface area contributed by atoms with E-state index < -0.39 is 11.8 Å². The van der Waals surface area contributed by atoms with Gasteiger partial charge in [0.2, 0.25) is 0 Å². The largest absolute Gasteiger partial charge is 0.478 e. The number of carboxylic acids is 1. The van der Waals surface area contributed by atoms with Gasteiger partial charge >= 0.3 is 5.97 Å². The maximum Gasteiger partial charge on any atom is 0.338 e. The van der Waals surface area contributed by atoms with E-state index >= 15 is 0 Å². The highest BCUT2D eigenvalue weighted by molar-refractivity contribution is 9.10. The third-order valence-electron chi connectivity index (χ3n) is 2.69. The Morgan fingerprint density at radius 1 is 1.15 bits per heavy atom. The summed E-state index contributed by atoms with van der Waals surface area (Å²) < 4.78 is 19.9. The molecule has 0 amide bonds. The van der Waals surface area contributed by atoms with Crippen LogP contribution in [0.2, 0.25) is 0 Å². The van der Waals surface area contributed by atoms with Gasteiger partial charge in [0, 0.05) is 4.47 Å². The Labute approximate surface area is 124 Å². The SMILES string of the molecule is O=C(O)c1ccc(COCc2cccc(Br)c2)cc1F. The fourth-order valence-electron chi connectivity index (χ4n) is 1.74. The first-order valence-corrected chi connectivity index (χ1v) is 6.69. The molecule has 0 aliphatic rings. The van der Waals surface area contributed by atoms with Gasteiger partial charge in [-0.2, -0.15) is 0 Å². The van der Waals surface area contributed by atoms with Crippen molar-refractivity contribution in [2.75, 3.05) is 0 Å². The second kappa shape index (κ2) is 6.63. The second-order valence-electron chi connectivity index (χ2n) is 4.24. The monoisotopic (exact) mass is 338 g/mol. The lowest BCUT2D eigenvalue weighted by Crippen LogP contribution is -2.02. The van der Waals surface area contributed by atoms with Crippen molar-refractivity contribution >= 4 is 21.9 Å². The summed E-state index contributed by atoms with van der Waals surface area (Å²) in [7, 11) is 0. The Bertz CT molecular complexity index is 628. The van der Waals surface area contributed by atoms with Crippen LogP contribution in [0, 0.1) is 5.82 Å². The van der Waals surface area contributed by atoms with E-state index in [1.807, 2.05) is 24.3 Å². The molecule has 2 aromatic rings. The Balaban J connectivity index is 1.94. The average Bonchev–Trinajstić information content (AvgIpc) is 2.38. The molecule has 0 radical (unpaired) electrons. The van der Waals surface area contributed by atoms with E-state index in [0.29, 0.717) is 12.2 Å². The molecule has 0 saturated heterocycles. The summed E-state index contributed by atoms with van der Waals surface area (Å²) in [6.07, 6.45) is 0. The maximum atomic E-state index is 13.5. The number of ether oxygens (including phenoxy) is 1. The van der Waals surface area contributed by atoms with Gasteiger partial charge in [0.15, 0.2) is 0 Å². The molecule has 0 bridgehead atoms.